The van der Waals surface area contributed by atoms with E-state index in [1.54, 1.807) is 17.0 Å². The molecule has 0 spiro atoms. The van der Waals surface area contributed by atoms with E-state index in [-0.39, 0.29) is 18.0 Å². The Morgan fingerprint density at radius 3 is 2.90 bits per heavy atom. The molecule has 160 valence electrons. The third kappa shape index (κ3) is 5.68. The Balaban J connectivity index is 1.53. The van der Waals surface area contributed by atoms with E-state index in [4.69, 9.17) is 9.47 Å². The van der Waals surface area contributed by atoms with Crippen molar-refractivity contribution < 1.29 is 23.0 Å². The summed E-state index contributed by atoms with van der Waals surface area (Å²) >= 11 is 0. The van der Waals surface area contributed by atoms with Gasteiger partial charge in [-0.2, -0.15) is 0 Å². The number of ether oxygens (including phenoxy) is 2. The average Bonchev–Trinajstić information content (AvgIpc) is 3.06. The van der Waals surface area contributed by atoms with E-state index in [0.717, 1.165) is 5.96 Å². The molecular formula is C19H27F2N5O3. The Morgan fingerprint density at radius 1 is 1.38 bits per heavy atom. The van der Waals surface area contributed by atoms with Gasteiger partial charge in [0.1, 0.15) is 5.60 Å². The number of nitrogens with one attached hydrogen (secondary N) is 1. The van der Waals surface area contributed by atoms with Crippen molar-refractivity contribution in [1.82, 2.24) is 20.1 Å². The first-order chi connectivity index (χ1) is 13.7. The fraction of sp³-hybridized carbons (Fsp3) is 0.632. The first-order valence-electron chi connectivity index (χ1n) is 9.60. The van der Waals surface area contributed by atoms with Gasteiger partial charge in [-0.15, -0.1) is 0 Å². The van der Waals surface area contributed by atoms with E-state index in [0.29, 0.717) is 38.3 Å². The van der Waals surface area contributed by atoms with E-state index < -0.39 is 18.6 Å². The monoisotopic (exact) mass is 411 g/mol. The number of carbonyl (C=O) groups excluding carboxylic acids is 1. The summed E-state index contributed by atoms with van der Waals surface area (Å²) in [5.41, 5.74) is 0.146. The van der Waals surface area contributed by atoms with Gasteiger partial charge in [-0.05, 0) is 26.8 Å². The standard InChI is InChI=1S/C19H27F2N5O3/c1-19(2,3)29-18(27)25-7-8-26-14(11-25)10-24-17(26)23-9-13-5-4-6-22-16(13)28-12-15(20)21/h4-6,14-15H,7-12H2,1-3H3,(H,23,24). The van der Waals surface area contributed by atoms with Crippen LogP contribution in [-0.4, -0.2) is 77.7 Å². The maximum absolute atomic E-state index is 12.4. The molecule has 3 rings (SSSR count). The molecule has 10 heteroatoms. The summed E-state index contributed by atoms with van der Waals surface area (Å²) in [5, 5.41) is 3.24. The molecule has 3 heterocycles. The summed E-state index contributed by atoms with van der Waals surface area (Å²) in [6.07, 6.45) is -1.36. The zero-order valence-electron chi connectivity index (χ0n) is 16.9. The van der Waals surface area contributed by atoms with Crippen LogP contribution in [0.4, 0.5) is 13.6 Å². The highest BCUT2D eigenvalue weighted by Crippen LogP contribution is 2.20. The quantitative estimate of drug-likeness (QED) is 0.800. The second-order valence-corrected chi connectivity index (χ2v) is 7.96. The number of aliphatic imine (C=N–C) groups is 1. The van der Waals surface area contributed by atoms with Crippen LogP contribution < -0.4 is 10.1 Å². The summed E-state index contributed by atoms with van der Waals surface area (Å²) in [6, 6.07) is 3.58. The molecule has 1 amide bonds. The van der Waals surface area contributed by atoms with Crippen molar-refractivity contribution >= 4 is 12.1 Å². The van der Waals surface area contributed by atoms with Gasteiger partial charge < -0.3 is 24.6 Å². The van der Waals surface area contributed by atoms with Crippen molar-refractivity contribution in [2.24, 2.45) is 4.99 Å². The molecule has 29 heavy (non-hydrogen) atoms. The third-order valence-electron chi connectivity index (χ3n) is 4.49. The summed E-state index contributed by atoms with van der Waals surface area (Å²) in [4.78, 5) is 24.7. The van der Waals surface area contributed by atoms with Gasteiger partial charge in [-0.25, -0.2) is 18.6 Å². The van der Waals surface area contributed by atoms with E-state index in [2.05, 4.69) is 20.2 Å². The minimum atomic E-state index is -2.56. The number of alkyl halides is 2. The molecule has 1 fully saturated rings. The second-order valence-electron chi connectivity index (χ2n) is 7.96. The van der Waals surface area contributed by atoms with E-state index >= 15 is 0 Å². The third-order valence-corrected chi connectivity index (χ3v) is 4.49. The number of piperazine rings is 1. The van der Waals surface area contributed by atoms with Crippen LogP contribution in [0.15, 0.2) is 23.3 Å². The van der Waals surface area contributed by atoms with Crippen LogP contribution in [0.25, 0.3) is 0 Å². The molecule has 1 N–H and O–H groups in total. The minimum absolute atomic E-state index is 0.0854. The number of hydrogen-bond acceptors (Lipinski definition) is 7. The molecule has 0 aliphatic carbocycles. The number of carbonyl (C=O) groups is 1. The van der Waals surface area contributed by atoms with Crippen molar-refractivity contribution in [3.05, 3.63) is 23.9 Å². The van der Waals surface area contributed by atoms with Crippen molar-refractivity contribution in [3.63, 3.8) is 0 Å². The number of halogens is 2. The fourth-order valence-electron chi connectivity index (χ4n) is 3.23. The largest absolute Gasteiger partial charge is 0.471 e. The van der Waals surface area contributed by atoms with Gasteiger partial charge >= 0.3 is 6.09 Å². The number of guanidine groups is 1. The fourth-order valence-corrected chi connectivity index (χ4v) is 3.23. The smallest absolute Gasteiger partial charge is 0.410 e. The van der Waals surface area contributed by atoms with E-state index in [1.807, 2.05) is 20.8 Å². The Labute approximate surface area is 168 Å². The van der Waals surface area contributed by atoms with Crippen LogP contribution >= 0.6 is 0 Å². The maximum atomic E-state index is 12.4. The highest BCUT2D eigenvalue weighted by atomic mass is 19.3. The lowest BCUT2D eigenvalue weighted by molar-refractivity contribution is 0.0137. The predicted octanol–water partition coefficient (Wildman–Crippen LogP) is 2.11. The Morgan fingerprint density at radius 2 is 2.17 bits per heavy atom. The van der Waals surface area contributed by atoms with Crippen molar-refractivity contribution in [1.29, 1.82) is 0 Å². The normalized spacial score (nSPS) is 19.1. The second kappa shape index (κ2) is 8.79. The topological polar surface area (TPSA) is 79.3 Å². The first-order valence-corrected chi connectivity index (χ1v) is 9.60. The number of fused-ring (bicyclic) bond motifs is 1. The van der Waals surface area contributed by atoms with E-state index in [1.165, 1.54) is 6.20 Å². The van der Waals surface area contributed by atoms with Gasteiger partial charge in [-0.1, -0.05) is 6.07 Å². The Hall–Kier alpha value is -2.65. The van der Waals surface area contributed by atoms with Gasteiger partial charge in [0, 0.05) is 37.9 Å². The molecule has 0 radical (unpaired) electrons. The van der Waals surface area contributed by atoms with Crippen molar-refractivity contribution in [2.75, 3.05) is 32.8 Å². The number of amides is 1. The zero-order chi connectivity index (χ0) is 21.0. The number of aromatic nitrogens is 1. The van der Waals surface area contributed by atoms with Crippen LogP contribution in [0.5, 0.6) is 5.88 Å². The lowest BCUT2D eigenvalue weighted by Gasteiger charge is -2.39. The summed E-state index contributed by atoms with van der Waals surface area (Å²) in [6.45, 7) is 7.49. The zero-order valence-corrected chi connectivity index (χ0v) is 16.9. The van der Waals surface area contributed by atoms with Crippen molar-refractivity contribution in [2.45, 2.75) is 45.4 Å². The molecule has 0 bridgehead atoms. The highest BCUT2D eigenvalue weighted by molar-refractivity contribution is 5.82. The Bertz CT molecular complexity index is 754. The molecule has 2 aliphatic rings. The van der Waals surface area contributed by atoms with Crippen LogP contribution in [-0.2, 0) is 11.3 Å². The average molecular weight is 411 g/mol. The SMILES string of the molecule is CC(C)(C)OC(=O)N1CCN2C(NCc3cccnc3OCC(F)F)=NCC2C1. The van der Waals surface area contributed by atoms with Gasteiger partial charge in [0.15, 0.2) is 12.6 Å². The molecule has 1 unspecified atom stereocenters. The summed E-state index contributed by atoms with van der Waals surface area (Å²) < 4.78 is 35.4. The molecule has 8 nitrogen and oxygen atoms in total. The molecule has 1 atom stereocenters. The number of rotatable bonds is 5. The van der Waals surface area contributed by atoms with Gasteiger partial charge in [0.25, 0.3) is 6.43 Å². The van der Waals surface area contributed by atoms with E-state index in [9.17, 15) is 13.6 Å². The molecule has 0 saturated carbocycles. The highest BCUT2D eigenvalue weighted by Gasteiger charge is 2.36. The molecule has 1 saturated heterocycles. The van der Waals surface area contributed by atoms with Gasteiger partial charge in [0.2, 0.25) is 5.88 Å². The number of hydrogen-bond donors (Lipinski definition) is 1. The summed E-state index contributed by atoms with van der Waals surface area (Å²) in [7, 11) is 0. The molecule has 1 aromatic heterocycles. The maximum Gasteiger partial charge on any atom is 0.410 e. The van der Waals surface area contributed by atoms with Gasteiger partial charge in [0.05, 0.1) is 12.6 Å². The predicted molar refractivity (Wildman–Crippen MR) is 103 cm³/mol. The Kier molecular flexibility index (Phi) is 6.39. The minimum Gasteiger partial charge on any atom is -0.471 e. The van der Waals surface area contributed by atoms with Crippen LogP contribution in [0, 0.1) is 0 Å². The number of pyridine rings is 1. The molecular weight excluding hydrogens is 384 g/mol. The number of nitrogens with zero attached hydrogens (tertiary/aromatic N) is 4. The van der Waals surface area contributed by atoms with Crippen LogP contribution in [0.1, 0.15) is 26.3 Å². The molecule has 0 aromatic carbocycles. The summed E-state index contributed by atoms with van der Waals surface area (Å²) in [5.74, 6) is 0.910. The van der Waals surface area contributed by atoms with Crippen molar-refractivity contribution in [3.8, 4) is 5.88 Å². The van der Waals surface area contributed by atoms with Crippen LogP contribution in [0.3, 0.4) is 0 Å². The molecule has 1 aromatic rings. The van der Waals surface area contributed by atoms with Gasteiger partial charge in [-0.3, -0.25) is 4.99 Å². The molecule has 2 aliphatic heterocycles. The lowest BCUT2D eigenvalue weighted by Crippen LogP contribution is -2.57. The van der Waals surface area contributed by atoms with Crippen LogP contribution in [0.2, 0.25) is 0 Å². The lowest BCUT2D eigenvalue weighted by atomic mass is 10.2. The first kappa shape index (κ1) is 21.1.